The first-order valence-electron chi connectivity index (χ1n) is 3.46. The fraction of sp³-hybridized carbons (Fsp3) is 0.125. The molecule has 0 amide bonds. The Bertz CT molecular complexity index is 339. The topological polar surface area (TPSA) is 47.6 Å². The molecule has 0 aromatic heterocycles. The molecule has 1 aromatic rings. The molecule has 0 aliphatic heterocycles. The van der Waals surface area contributed by atoms with E-state index in [1.54, 1.807) is 0 Å². The van der Waals surface area contributed by atoms with Crippen LogP contribution in [-0.4, -0.2) is 13.3 Å². The van der Waals surface area contributed by atoms with Gasteiger partial charge in [-0.1, -0.05) is 0 Å². The summed E-state index contributed by atoms with van der Waals surface area (Å²) in [6.07, 6.45) is 1.08. The average molecular weight is 186 g/mol. The van der Waals surface area contributed by atoms with Crippen LogP contribution in [0.2, 0.25) is 0 Å². The minimum Gasteiger partial charge on any atom is -0.491 e. The first-order chi connectivity index (χ1) is 6.20. The van der Waals surface area contributed by atoms with Crippen LogP contribution in [0.3, 0.4) is 0 Å². The van der Waals surface area contributed by atoms with E-state index in [0.29, 0.717) is 0 Å². The van der Waals surface area contributed by atoms with Gasteiger partial charge in [0.2, 0.25) is 0 Å². The van der Waals surface area contributed by atoms with Crippen LogP contribution in [0.25, 0.3) is 0 Å². The van der Waals surface area contributed by atoms with Gasteiger partial charge in [-0.2, -0.15) is 5.10 Å². The molecule has 0 aliphatic carbocycles. The van der Waals surface area contributed by atoms with Crippen LogP contribution in [0.4, 0.5) is 8.78 Å². The van der Waals surface area contributed by atoms with Gasteiger partial charge in [0.25, 0.3) is 0 Å². The van der Waals surface area contributed by atoms with Gasteiger partial charge in [0.05, 0.1) is 13.3 Å². The molecule has 0 spiro atoms. The number of methoxy groups -OCH3 is 1. The van der Waals surface area contributed by atoms with E-state index in [-0.39, 0.29) is 5.56 Å². The molecular weight excluding hydrogens is 178 g/mol. The molecule has 0 bridgehead atoms. The molecule has 0 aliphatic rings. The largest absolute Gasteiger partial charge is 0.491 e. The summed E-state index contributed by atoms with van der Waals surface area (Å²) in [5.41, 5.74) is 0.0840. The second kappa shape index (κ2) is 3.84. The molecule has 0 saturated heterocycles. The maximum absolute atomic E-state index is 13.2. The Labute approximate surface area is 73.8 Å². The van der Waals surface area contributed by atoms with E-state index in [1.807, 2.05) is 0 Å². The Morgan fingerprint density at radius 1 is 1.46 bits per heavy atom. The summed E-state index contributed by atoms with van der Waals surface area (Å²) in [6.45, 7) is 0. The zero-order valence-corrected chi connectivity index (χ0v) is 6.92. The van der Waals surface area contributed by atoms with Crippen molar-refractivity contribution >= 4 is 6.21 Å². The highest BCUT2D eigenvalue weighted by atomic mass is 19.1. The maximum Gasteiger partial charge on any atom is 0.191 e. The molecule has 0 saturated carbocycles. The Kier molecular flexibility index (Phi) is 2.79. The van der Waals surface area contributed by atoms with E-state index in [9.17, 15) is 8.78 Å². The van der Waals surface area contributed by atoms with E-state index in [4.69, 9.17) is 5.84 Å². The zero-order chi connectivity index (χ0) is 9.84. The first kappa shape index (κ1) is 9.44. The smallest absolute Gasteiger partial charge is 0.191 e. The zero-order valence-electron chi connectivity index (χ0n) is 6.92. The lowest BCUT2D eigenvalue weighted by Gasteiger charge is -2.04. The van der Waals surface area contributed by atoms with Crippen molar-refractivity contribution in [2.75, 3.05) is 7.11 Å². The highest BCUT2D eigenvalue weighted by Crippen LogP contribution is 2.22. The number of benzene rings is 1. The lowest BCUT2D eigenvalue weighted by molar-refractivity contribution is 0.359. The lowest BCUT2D eigenvalue weighted by Crippen LogP contribution is -1.98. The van der Waals surface area contributed by atoms with E-state index in [1.165, 1.54) is 13.2 Å². The van der Waals surface area contributed by atoms with Crippen molar-refractivity contribution in [1.29, 1.82) is 0 Å². The predicted octanol–water partition coefficient (Wildman–Crippen LogP) is 1.27. The Morgan fingerprint density at radius 3 is 2.69 bits per heavy atom. The number of hydrogen-bond donors (Lipinski definition) is 1. The van der Waals surface area contributed by atoms with Crippen molar-refractivity contribution in [3.8, 4) is 5.75 Å². The van der Waals surface area contributed by atoms with Gasteiger partial charge in [0.1, 0.15) is 0 Å². The summed E-state index contributed by atoms with van der Waals surface area (Å²) >= 11 is 0. The summed E-state index contributed by atoms with van der Waals surface area (Å²) in [5, 5.41) is 3.13. The van der Waals surface area contributed by atoms with Gasteiger partial charge >= 0.3 is 0 Å². The third-order valence-corrected chi connectivity index (χ3v) is 1.50. The average Bonchev–Trinajstić information content (AvgIpc) is 2.11. The van der Waals surface area contributed by atoms with E-state index >= 15 is 0 Å². The molecule has 1 aromatic carbocycles. The second-order valence-electron chi connectivity index (χ2n) is 2.26. The van der Waals surface area contributed by atoms with Crippen molar-refractivity contribution in [2.45, 2.75) is 0 Å². The lowest BCUT2D eigenvalue weighted by atomic mass is 10.2. The fourth-order valence-electron chi connectivity index (χ4n) is 0.915. The van der Waals surface area contributed by atoms with Gasteiger partial charge in [-0.15, -0.1) is 0 Å². The molecule has 2 N–H and O–H groups in total. The molecule has 0 radical (unpaired) electrons. The Morgan fingerprint density at radius 2 is 2.15 bits per heavy atom. The number of hydrogen-bond acceptors (Lipinski definition) is 3. The Balaban J connectivity index is 3.27. The monoisotopic (exact) mass is 186 g/mol. The third-order valence-electron chi connectivity index (χ3n) is 1.50. The third kappa shape index (κ3) is 1.74. The van der Waals surface area contributed by atoms with Crippen LogP contribution in [0.1, 0.15) is 5.56 Å². The number of rotatable bonds is 2. The molecule has 0 heterocycles. The number of ether oxygens (including phenoxy) is 1. The molecule has 0 unspecified atom stereocenters. The molecular formula is C8H8F2N2O. The van der Waals surface area contributed by atoms with Crippen molar-refractivity contribution in [3.05, 3.63) is 29.3 Å². The molecule has 0 atom stereocenters. The SMILES string of the molecule is COc1c(F)ccc(C=NN)c1F. The minimum atomic E-state index is -0.809. The van der Waals surface area contributed by atoms with Gasteiger partial charge in [-0.05, 0) is 12.1 Å². The van der Waals surface area contributed by atoms with E-state index in [0.717, 1.165) is 12.3 Å². The molecule has 5 heteroatoms. The summed E-state index contributed by atoms with van der Waals surface area (Å²) in [7, 11) is 1.19. The highest BCUT2D eigenvalue weighted by molar-refractivity contribution is 5.80. The molecule has 70 valence electrons. The van der Waals surface area contributed by atoms with Crippen molar-refractivity contribution in [3.63, 3.8) is 0 Å². The second-order valence-corrected chi connectivity index (χ2v) is 2.26. The van der Waals surface area contributed by atoms with Crippen molar-refractivity contribution in [2.24, 2.45) is 10.9 Å². The number of halogens is 2. The standard InChI is InChI=1S/C8H8F2N2O/c1-13-8-6(9)3-2-5(4-12-11)7(8)10/h2-4H,11H2,1H3. The molecule has 13 heavy (non-hydrogen) atoms. The van der Waals surface area contributed by atoms with E-state index < -0.39 is 17.4 Å². The van der Waals surface area contributed by atoms with Crippen LogP contribution in [-0.2, 0) is 0 Å². The predicted molar refractivity (Wildman–Crippen MR) is 44.7 cm³/mol. The molecule has 1 rings (SSSR count). The maximum atomic E-state index is 13.2. The quantitative estimate of drug-likeness (QED) is 0.429. The normalized spacial score (nSPS) is 10.7. The van der Waals surface area contributed by atoms with Crippen LogP contribution in [0.15, 0.2) is 17.2 Å². The van der Waals surface area contributed by atoms with Crippen LogP contribution >= 0.6 is 0 Å². The Hall–Kier alpha value is -1.65. The van der Waals surface area contributed by atoms with Crippen LogP contribution < -0.4 is 10.6 Å². The van der Waals surface area contributed by atoms with Gasteiger partial charge in [-0.25, -0.2) is 8.78 Å². The number of nitrogens with two attached hydrogens (primary N) is 1. The highest BCUT2D eigenvalue weighted by Gasteiger charge is 2.12. The fourth-order valence-corrected chi connectivity index (χ4v) is 0.915. The van der Waals surface area contributed by atoms with Crippen LogP contribution in [0.5, 0.6) is 5.75 Å². The summed E-state index contributed by atoms with van der Waals surface area (Å²) in [4.78, 5) is 0. The van der Waals surface area contributed by atoms with Crippen molar-refractivity contribution in [1.82, 2.24) is 0 Å². The van der Waals surface area contributed by atoms with Crippen LogP contribution in [0, 0.1) is 11.6 Å². The van der Waals surface area contributed by atoms with Gasteiger partial charge in [-0.3, -0.25) is 0 Å². The number of nitrogens with zero attached hydrogens (tertiary/aromatic N) is 1. The van der Waals surface area contributed by atoms with E-state index in [2.05, 4.69) is 9.84 Å². The number of hydrazone groups is 1. The summed E-state index contributed by atoms with van der Waals surface area (Å²) < 4.78 is 30.5. The van der Waals surface area contributed by atoms with Gasteiger partial charge < -0.3 is 10.6 Å². The van der Waals surface area contributed by atoms with Crippen molar-refractivity contribution < 1.29 is 13.5 Å². The summed E-state index contributed by atoms with van der Waals surface area (Å²) in [5.74, 6) is 2.83. The van der Waals surface area contributed by atoms with Gasteiger partial charge in [0.15, 0.2) is 17.4 Å². The molecule has 3 nitrogen and oxygen atoms in total. The molecule has 0 fully saturated rings. The first-order valence-corrected chi connectivity index (χ1v) is 3.46. The minimum absolute atomic E-state index is 0.0840. The van der Waals surface area contributed by atoms with Gasteiger partial charge in [0, 0.05) is 5.56 Å². The summed E-state index contributed by atoms with van der Waals surface area (Å²) in [6, 6.07) is 2.31.